The highest BCUT2D eigenvalue weighted by Crippen LogP contribution is 2.29. The quantitative estimate of drug-likeness (QED) is 0.826. The van der Waals surface area contributed by atoms with E-state index in [1.165, 1.54) is 19.3 Å². The highest BCUT2D eigenvalue weighted by atomic mass is 16.2. The first-order valence-corrected chi connectivity index (χ1v) is 7.49. The molecular formula is C16H25N3O. The van der Waals surface area contributed by atoms with Gasteiger partial charge in [-0.3, -0.25) is 0 Å². The highest BCUT2D eigenvalue weighted by Gasteiger charge is 2.25. The van der Waals surface area contributed by atoms with Crippen molar-refractivity contribution in [2.75, 3.05) is 18.1 Å². The number of anilines is 2. The van der Waals surface area contributed by atoms with E-state index in [4.69, 9.17) is 5.73 Å². The topological polar surface area (TPSA) is 58.4 Å². The fourth-order valence-corrected chi connectivity index (χ4v) is 2.88. The third-order valence-electron chi connectivity index (χ3n) is 4.42. The highest BCUT2D eigenvalue weighted by molar-refractivity contribution is 5.89. The van der Waals surface area contributed by atoms with E-state index in [1.54, 1.807) is 12.1 Å². The number of carbonyl (C=O) groups excluding carboxylic acids is 1. The largest absolute Gasteiger partial charge is 0.399 e. The van der Waals surface area contributed by atoms with Gasteiger partial charge in [-0.2, -0.15) is 0 Å². The summed E-state index contributed by atoms with van der Waals surface area (Å²) >= 11 is 0. The molecule has 0 unspecified atom stereocenters. The fraction of sp³-hybridized carbons (Fsp3) is 0.562. The van der Waals surface area contributed by atoms with Crippen LogP contribution >= 0.6 is 0 Å². The lowest BCUT2D eigenvalue weighted by atomic mass is 9.84. The van der Waals surface area contributed by atoms with Crippen molar-refractivity contribution in [1.82, 2.24) is 4.90 Å². The van der Waals surface area contributed by atoms with Crippen LogP contribution in [0.3, 0.4) is 0 Å². The van der Waals surface area contributed by atoms with Gasteiger partial charge in [-0.1, -0.05) is 13.3 Å². The van der Waals surface area contributed by atoms with Crippen molar-refractivity contribution in [3.63, 3.8) is 0 Å². The predicted octanol–water partition coefficient (Wildman–Crippen LogP) is 3.70. The third kappa shape index (κ3) is 3.65. The molecule has 0 spiro atoms. The summed E-state index contributed by atoms with van der Waals surface area (Å²) in [6, 6.07) is 7.58. The summed E-state index contributed by atoms with van der Waals surface area (Å²) in [5.74, 6) is 0.847. The molecule has 2 rings (SSSR count). The van der Waals surface area contributed by atoms with Crippen LogP contribution in [0, 0.1) is 5.92 Å². The maximum Gasteiger partial charge on any atom is 0.321 e. The van der Waals surface area contributed by atoms with E-state index in [-0.39, 0.29) is 6.03 Å². The van der Waals surface area contributed by atoms with Crippen LogP contribution in [0.1, 0.15) is 39.0 Å². The first-order valence-electron chi connectivity index (χ1n) is 7.49. The molecule has 1 saturated carbocycles. The smallest absolute Gasteiger partial charge is 0.321 e. The van der Waals surface area contributed by atoms with Crippen molar-refractivity contribution in [2.45, 2.75) is 45.1 Å². The number of nitrogens with two attached hydrogens (primary N) is 1. The molecule has 0 radical (unpaired) electrons. The van der Waals surface area contributed by atoms with E-state index < -0.39 is 0 Å². The SMILES string of the molecule is CCC1CCC(N(C)C(=O)Nc2ccc(N)cc2)CC1. The average Bonchev–Trinajstić information content (AvgIpc) is 2.49. The molecule has 1 aromatic carbocycles. The Morgan fingerprint density at radius 1 is 1.25 bits per heavy atom. The van der Waals surface area contributed by atoms with Crippen LogP contribution in [0.15, 0.2) is 24.3 Å². The lowest BCUT2D eigenvalue weighted by Crippen LogP contribution is -2.41. The Labute approximate surface area is 121 Å². The van der Waals surface area contributed by atoms with Crippen molar-refractivity contribution >= 4 is 17.4 Å². The summed E-state index contributed by atoms with van der Waals surface area (Å²) in [6.07, 6.45) is 5.96. The molecule has 1 fully saturated rings. The summed E-state index contributed by atoms with van der Waals surface area (Å²) in [5.41, 5.74) is 7.13. The van der Waals surface area contributed by atoms with Gasteiger partial charge in [0.1, 0.15) is 0 Å². The molecule has 3 N–H and O–H groups in total. The molecular weight excluding hydrogens is 250 g/mol. The summed E-state index contributed by atoms with van der Waals surface area (Å²) in [5, 5.41) is 2.92. The number of amides is 2. The van der Waals surface area contributed by atoms with E-state index in [9.17, 15) is 4.79 Å². The molecule has 4 heteroatoms. The number of carbonyl (C=O) groups is 1. The van der Waals surface area contributed by atoms with Crippen LogP contribution in [-0.4, -0.2) is 24.0 Å². The molecule has 1 aliphatic carbocycles. The van der Waals surface area contributed by atoms with Crippen LogP contribution in [0.5, 0.6) is 0 Å². The Bertz CT molecular complexity index is 436. The van der Waals surface area contributed by atoms with Crippen LogP contribution in [-0.2, 0) is 0 Å². The molecule has 0 aliphatic heterocycles. The van der Waals surface area contributed by atoms with E-state index >= 15 is 0 Å². The lowest BCUT2D eigenvalue weighted by molar-refractivity contribution is 0.170. The molecule has 2 amide bonds. The fourth-order valence-electron chi connectivity index (χ4n) is 2.88. The van der Waals surface area contributed by atoms with Gasteiger partial charge < -0.3 is 16.0 Å². The molecule has 0 aromatic heterocycles. The zero-order valence-corrected chi connectivity index (χ0v) is 12.4. The molecule has 20 heavy (non-hydrogen) atoms. The number of rotatable bonds is 3. The molecule has 0 bridgehead atoms. The summed E-state index contributed by atoms with van der Waals surface area (Å²) < 4.78 is 0. The number of hydrogen-bond donors (Lipinski definition) is 2. The van der Waals surface area contributed by atoms with Crippen molar-refractivity contribution in [3.8, 4) is 0 Å². The first kappa shape index (κ1) is 14.7. The van der Waals surface area contributed by atoms with Gasteiger partial charge in [0.05, 0.1) is 0 Å². The maximum atomic E-state index is 12.2. The molecule has 0 atom stereocenters. The van der Waals surface area contributed by atoms with Gasteiger partial charge in [0.15, 0.2) is 0 Å². The van der Waals surface area contributed by atoms with Crippen LogP contribution in [0.4, 0.5) is 16.2 Å². The first-order chi connectivity index (χ1) is 9.60. The monoisotopic (exact) mass is 275 g/mol. The number of benzene rings is 1. The van der Waals surface area contributed by atoms with Crippen LogP contribution in [0.2, 0.25) is 0 Å². The Morgan fingerprint density at radius 3 is 2.40 bits per heavy atom. The minimum atomic E-state index is -0.0327. The Morgan fingerprint density at radius 2 is 1.85 bits per heavy atom. The van der Waals surface area contributed by atoms with Gasteiger partial charge in [-0.25, -0.2) is 4.79 Å². The Balaban J connectivity index is 1.87. The molecule has 1 aromatic rings. The number of nitrogen functional groups attached to an aromatic ring is 1. The maximum absolute atomic E-state index is 12.2. The van der Waals surface area contributed by atoms with Crippen molar-refractivity contribution in [1.29, 1.82) is 0 Å². The van der Waals surface area contributed by atoms with Crippen molar-refractivity contribution in [3.05, 3.63) is 24.3 Å². The van der Waals surface area contributed by atoms with Crippen LogP contribution < -0.4 is 11.1 Å². The molecule has 0 heterocycles. The number of nitrogens with one attached hydrogen (secondary N) is 1. The second kappa shape index (κ2) is 6.64. The Hall–Kier alpha value is -1.71. The second-order valence-electron chi connectivity index (χ2n) is 5.75. The van der Waals surface area contributed by atoms with E-state index in [1.807, 2.05) is 24.1 Å². The van der Waals surface area contributed by atoms with Gasteiger partial charge in [0.2, 0.25) is 0 Å². The third-order valence-corrected chi connectivity index (χ3v) is 4.42. The zero-order chi connectivity index (χ0) is 14.5. The minimum Gasteiger partial charge on any atom is -0.399 e. The van der Waals surface area contributed by atoms with E-state index in [2.05, 4.69) is 12.2 Å². The van der Waals surface area contributed by atoms with Gasteiger partial charge >= 0.3 is 6.03 Å². The molecule has 110 valence electrons. The summed E-state index contributed by atoms with van der Waals surface area (Å²) in [4.78, 5) is 14.1. The summed E-state index contributed by atoms with van der Waals surface area (Å²) in [7, 11) is 1.89. The van der Waals surface area contributed by atoms with Gasteiger partial charge in [-0.05, 0) is 55.9 Å². The average molecular weight is 275 g/mol. The second-order valence-corrected chi connectivity index (χ2v) is 5.75. The lowest BCUT2D eigenvalue weighted by Gasteiger charge is -2.34. The molecule has 4 nitrogen and oxygen atoms in total. The number of urea groups is 1. The van der Waals surface area contributed by atoms with Gasteiger partial charge in [-0.15, -0.1) is 0 Å². The molecule has 1 aliphatic rings. The van der Waals surface area contributed by atoms with Crippen molar-refractivity contribution < 1.29 is 4.79 Å². The van der Waals surface area contributed by atoms with Crippen LogP contribution in [0.25, 0.3) is 0 Å². The minimum absolute atomic E-state index is 0.0327. The van der Waals surface area contributed by atoms with Gasteiger partial charge in [0, 0.05) is 24.5 Å². The predicted molar refractivity (Wildman–Crippen MR) is 83.7 cm³/mol. The number of nitrogens with zero attached hydrogens (tertiary/aromatic N) is 1. The number of hydrogen-bond acceptors (Lipinski definition) is 2. The van der Waals surface area contributed by atoms with Gasteiger partial charge in [0.25, 0.3) is 0 Å². The van der Waals surface area contributed by atoms with Crippen molar-refractivity contribution in [2.24, 2.45) is 5.92 Å². The van der Waals surface area contributed by atoms with E-state index in [0.717, 1.165) is 24.4 Å². The Kier molecular flexibility index (Phi) is 4.88. The van der Waals surface area contributed by atoms with E-state index in [0.29, 0.717) is 11.7 Å². The normalized spacial score (nSPS) is 22.3. The summed E-state index contributed by atoms with van der Waals surface area (Å²) in [6.45, 7) is 2.25. The standard InChI is InChI=1S/C16H25N3O/c1-3-12-4-10-15(11-5-12)19(2)16(20)18-14-8-6-13(17)7-9-14/h6-9,12,15H,3-5,10-11,17H2,1-2H3,(H,18,20). The zero-order valence-electron chi connectivity index (χ0n) is 12.4. The molecule has 0 saturated heterocycles.